The summed E-state index contributed by atoms with van der Waals surface area (Å²) in [6.07, 6.45) is 8.74. The van der Waals surface area contributed by atoms with E-state index in [-0.39, 0.29) is 29.0 Å². The number of nitrogens with two attached hydrogens (primary N) is 1. The number of hydroxylamine groups is 2. The topological polar surface area (TPSA) is 123 Å². The molecule has 2 aromatic rings. The van der Waals surface area contributed by atoms with E-state index in [9.17, 15) is 23.2 Å². The van der Waals surface area contributed by atoms with Crippen LogP contribution in [0.1, 0.15) is 72.5 Å². The van der Waals surface area contributed by atoms with Crippen molar-refractivity contribution in [3.63, 3.8) is 0 Å². The maximum absolute atomic E-state index is 13.8. The Morgan fingerprint density at radius 3 is 2.47 bits per heavy atom. The second-order valence-electron chi connectivity index (χ2n) is 9.76. The summed E-state index contributed by atoms with van der Waals surface area (Å²) in [5.74, 6) is -0.533. The Bertz CT molecular complexity index is 1280. The lowest BCUT2D eigenvalue weighted by Crippen LogP contribution is -2.37. The number of halogens is 3. The number of aryl methyl sites for hydroxylation is 1. The maximum Gasteiger partial charge on any atom is 0.248 e. The Labute approximate surface area is 256 Å². The van der Waals surface area contributed by atoms with Gasteiger partial charge in [-0.3, -0.25) is 19.2 Å². The second-order valence-corrected chi connectivity index (χ2v) is 10.1. The average molecular weight is 621 g/mol. The van der Waals surface area contributed by atoms with Gasteiger partial charge in [-0.2, -0.15) is 0 Å². The standard InChI is InChI=1S/C19H15ClF2N2O3.C11H19NO2.CH5N/c1-12-2-3-13(8-25)6-16(12)18(20)19(24-10-23-11-26)27-9-14-4-5-15(21)7-17(14)22;1-2-9-3-5-10(6-4-9)12-11(13)7-8-14-12;1-2/h2-8,10-11H,9H2,1H3,(H,23,24,26);9-10H,2-8H2,1H3;2H2,1H3/b19-18-;;. The zero-order valence-corrected chi connectivity index (χ0v) is 25.4. The van der Waals surface area contributed by atoms with E-state index in [4.69, 9.17) is 21.2 Å². The van der Waals surface area contributed by atoms with E-state index in [1.165, 1.54) is 32.4 Å². The van der Waals surface area contributed by atoms with Gasteiger partial charge in [0.15, 0.2) is 0 Å². The molecule has 4 rings (SSSR count). The normalized spacial score (nSPS) is 18.6. The van der Waals surface area contributed by atoms with Crippen LogP contribution in [0, 0.1) is 24.5 Å². The van der Waals surface area contributed by atoms with Gasteiger partial charge in [0, 0.05) is 22.8 Å². The minimum atomic E-state index is -0.778. The first-order valence-corrected chi connectivity index (χ1v) is 14.4. The van der Waals surface area contributed by atoms with E-state index in [0.29, 0.717) is 42.9 Å². The SMILES string of the molecule is CCC1CCC(N2OCCC2=O)CC1.CN.Cc1ccc(C=O)cc1/C(Cl)=C(\N=C/NC=O)OCc1ccc(F)cc1F. The van der Waals surface area contributed by atoms with E-state index in [1.807, 2.05) is 0 Å². The van der Waals surface area contributed by atoms with Gasteiger partial charge in [-0.15, -0.1) is 0 Å². The molecule has 0 unspecified atom stereocenters. The summed E-state index contributed by atoms with van der Waals surface area (Å²) >= 11 is 6.37. The van der Waals surface area contributed by atoms with Crippen molar-refractivity contribution in [1.82, 2.24) is 10.4 Å². The fourth-order valence-electron chi connectivity index (χ4n) is 4.64. The fraction of sp³-hybridized carbons (Fsp3) is 0.419. The lowest BCUT2D eigenvalue weighted by molar-refractivity contribution is -0.177. The largest absolute Gasteiger partial charge is 0.472 e. The number of carbonyl (C=O) groups is 3. The van der Waals surface area contributed by atoms with Crippen molar-refractivity contribution in [3.05, 3.63) is 76.2 Å². The number of hydrogen-bond donors (Lipinski definition) is 2. The van der Waals surface area contributed by atoms with E-state index >= 15 is 0 Å². The fourth-order valence-corrected chi connectivity index (χ4v) is 4.95. The average Bonchev–Trinajstić information content (AvgIpc) is 3.46. The van der Waals surface area contributed by atoms with Crippen LogP contribution in [0.5, 0.6) is 0 Å². The van der Waals surface area contributed by atoms with Crippen molar-refractivity contribution in [2.75, 3.05) is 13.7 Å². The van der Waals surface area contributed by atoms with Crippen molar-refractivity contribution < 1.29 is 32.7 Å². The molecule has 0 spiro atoms. The minimum absolute atomic E-state index is 0.0580. The molecule has 43 heavy (non-hydrogen) atoms. The van der Waals surface area contributed by atoms with Crippen molar-refractivity contribution >= 4 is 41.6 Å². The molecule has 1 aliphatic heterocycles. The number of hydrogen-bond acceptors (Lipinski definition) is 7. The number of aldehydes is 1. The molecule has 2 aliphatic rings. The van der Waals surface area contributed by atoms with Crippen LogP contribution in [-0.2, 0) is 25.8 Å². The molecule has 3 N–H and O–H groups in total. The molecular formula is C31H39ClF2N4O5. The summed E-state index contributed by atoms with van der Waals surface area (Å²) in [5.41, 5.74) is 6.22. The van der Waals surface area contributed by atoms with E-state index < -0.39 is 11.6 Å². The summed E-state index contributed by atoms with van der Waals surface area (Å²) in [4.78, 5) is 42.1. The van der Waals surface area contributed by atoms with Gasteiger partial charge in [-0.1, -0.05) is 37.1 Å². The predicted molar refractivity (Wildman–Crippen MR) is 162 cm³/mol. The highest BCUT2D eigenvalue weighted by atomic mass is 35.5. The molecule has 1 aliphatic carbocycles. The van der Waals surface area contributed by atoms with Gasteiger partial charge in [0.2, 0.25) is 18.2 Å². The number of rotatable bonds is 10. The van der Waals surface area contributed by atoms with E-state index in [1.54, 1.807) is 30.2 Å². The Morgan fingerprint density at radius 1 is 1.16 bits per heavy atom. The molecule has 0 atom stereocenters. The number of benzene rings is 2. The third kappa shape index (κ3) is 10.8. The summed E-state index contributed by atoms with van der Waals surface area (Å²) in [6, 6.07) is 8.32. The summed E-state index contributed by atoms with van der Waals surface area (Å²) in [5, 5.41) is 3.92. The Hall–Kier alpha value is -3.67. The minimum Gasteiger partial charge on any atom is -0.472 e. The van der Waals surface area contributed by atoms with Crippen molar-refractivity contribution in [1.29, 1.82) is 0 Å². The van der Waals surface area contributed by atoms with Crippen LogP contribution in [0.15, 0.2) is 47.3 Å². The summed E-state index contributed by atoms with van der Waals surface area (Å²) in [7, 11) is 1.50. The van der Waals surface area contributed by atoms with E-state index in [2.05, 4.69) is 23.0 Å². The molecule has 0 aromatic heterocycles. The quantitative estimate of drug-likeness (QED) is 0.153. The van der Waals surface area contributed by atoms with Crippen molar-refractivity contribution in [2.45, 2.75) is 65.0 Å². The van der Waals surface area contributed by atoms with Crippen LogP contribution in [0.4, 0.5) is 8.78 Å². The van der Waals surface area contributed by atoms with Gasteiger partial charge in [-0.25, -0.2) is 18.8 Å². The van der Waals surface area contributed by atoms with Gasteiger partial charge >= 0.3 is 0 Å². The molecule has 2 fully saturated rings. The van der Waals surface area contributed by atoms with Gasteiger partial charge < -0.3 is 15.8 Å². The predicted octanol–water partition coefficient (Wildman–Crippen LogP) is 5.64. The molecule has 9 nitrogen and oxygen atoms in total. The van der Waals surface area contributed by atoms with Gasteiger partial charge in [0.1, 0.15) is 29.6 Å². The van der Waals surface area contributed by atoms with Crippen LogP contribution in [0.3, 0.4) is 0 Å². The zero-order valence-electron chi connectivity index (χ0n) is 24.7. The second kappa shape index (κ2) is 18.8. The van der Waals surface area contributed by atoms with Gasteiger partial charge in [0.05, 0.1) is 25.4 Å². The monoisotopic (exact) mass is 620 g/mol. The van der Waals surface area contributed by atoms with Crippen LogP contribution in [0.2, 0.25) is 0 Å². The smallest absolute Gasteiger partial charge is 0.248 e. The highest BCUT2D eigenvalue weighted by molar-refractivity contribution is 6.49. The maximum atomic E-state index is 13.8. The summed E-state index contributed by atoms with van der Waals surface area (Å²) in [6.45, 7) is 4.34. The molecule has 2 aromatic carbocycles. The Morgan fingerprint density at radius 2 is 1.88 bits per heavy atom. The molecule has 1 heterocycles. The molecule has 1 saturated heterocycles. The van der Waals surface area contributed by atoms with Crippen LogP contribution in [0.25, 0.3) is 5.03 Å². The highest BCUT2D eigenvalue weighted by Crippen LogP contribution is 2.31. The lowest BCUT2D eigenvalue weighted by atomic mass is 9.84. The third-order valence-corrected chi connectivity index (χ3v) is 7.41. The number of aliphatic imine (C=N–C) groups is 1. The van der Waals surface area contributed by atoms with Gasteiger partial charge in [0.25, 0.3) is 0 Å². The molecule has 12 heteroatoms. The highest BCUT2D eigenvalue weighted by Gasteiger charge is 2.32. The van der Waals surface area contributed by atoms with Gasteiger partial charge in [-0.05, 0) is 69.3 Å². The number of amides is 2. The first-order valence-electron chi connectivity index (χ1n) is 14.0. The van der Waals surface area contributed by atoms with Crippen LogP contribution < -0.4 is 11.1 Å². The van der Waals surface area contributed by atoms with Crippen LogP contribution in [-0.4, -0.2) is 49.7 Å². The number of nitrogens with one attached hydrogen (secondary N) is 1. The molecule has 0 bridgehead atoms. The number of nitrogens with zero attached hydrogens (tertiary/aromatic N) is 2. The number of carbonyl (C=O) groups excluding carboxylic acids is 3. The van der Waals surface area contributed by atoms with Crippen molar-refractivity contribution in [3.8, 4) is 0 Å². The molecular weight excluding hydrogens is 582 g/mol. The molecule has 0 radical (unpaired) electrons. The lowest BCUT2D eigenvalue weighted by Gasteiger charge is -2.32. The molecule has 1 saturated carbocycles. The Kier molecular flexibility index (Phi) is 15.5. The molecule has 234 valence electrons. The number of ether oxygens (including phenoxy) is 1. The van der Waals surface area contributed by atoms with Crippen molar-refractivity contribution in [2.24, 2.45) is 16.6 Å². The molecule has 2 amide bonds. The van der Waals surface area contributed by atoms with E-state index in [0.717, 1.165) is 42.8 Å². The summed E-state index contributed by atoms with van der Waals surface area (Å²) < 4.78 is 32.3. The van der Waals surface area contributed by atoms with Crippen LogP contribution >= 0.6 is 11.6 Å². The third-order valence-electron chi connectivity index (χ3n) is 7.04. The first kappa shape index (κ1) is 35.5. The zero-order chi connectivity index (χ0) is 31.8. The first-order chi connectivity index (χ1) is 20.8. The Balaban J connectivity index is 0.000000336.